The first-order chi connectivity index (χ1) is 6.65. The molecule has 0 saturated heterocycles. The Labute approximate surface area is 85.9 Å². The maximum atomic E-state index is 5.84. The Hall–Kier alpha value is -1.31. The van der Waals surface area contributed by atoms with Gasteiger partial charge >= 0.3 is 0 Å². The number of hydrogen-bond acceptors (Lipinski definition) is 2. The van der Waals surface area contributed by atoms with Crippen LogP contribution in [0.4, 0.5) is 5.69 Å². The van der Waals surface area contributed by atoms with E-state index in [9.17, 15) is 0 Å². The summed E-state index contributed by atoms with van der Waals surface area (Å²) in [6.45, 7) is 7.16. The molecule has 0 amide bonds. The lowest BCUT2D eigenvalue weighted by molar-refractivity contribution is 0.866. The molecular weight excluding hydrogens is 172 g/mol. The first kappa shape index (κ1) is 10.8. The minimum absolute atomic E-state index is 0.532. The topological polar surface area (TPSA) is 38.4 Å². The Kier molecular flexibility index (Phi) is 3.69. The average molecular weight is 190 g/mol. The van der Waals surface area contributed by atoms with Gasteiger partial charge in [0.15, 0.2) is 0 Å². The van der Waals surface area contributed by atoms with Crippen LogP contribution >= 0.6 is 0 Å². The zero-order chi connectivity index (χ0) is 10.6. The lowest BCUT2D eigenvalue weighted by atomic mass is 10.0. The van der Waals surface area contributed by atoms with Crippen molar-refractivity contribution in [3.8, 4) is 0 Å². The number of nitrogens with two attached hydrogens (primary N) is 1. The first-order valence-electron chi connectivity index (χ1n) is 5.04. The van der Waals surface area contributed by atoms with Gasteiger partial charge in [0.2, 0.25) is 0 Å². The highest BCUT2D eigenvalue weighted by Gasteiger charge is 2.01. The average Bonchev–Trinajstić information content (AvgIpc) is 2.16. The fourth-order valence-electron chi connectivity index (χ4n) is 1.25. The molecule has 0 aromatic heterocycles. The molecule has 1 aromatic rings. The van der Waals surface area contributed by atoms with Crippen LogP contribution in [0.5, 0.6) is 0 Å². The minimum Gasteiger partial charge on any atom is -0.398 e. The molecule has 2 nitrogen and oxygen atoms in total. The van der Waals surface area contributed by atoms with Crippen molar-refractivity contribution in [2.75, 3.05) is 12.3 Å². The third-order valence-electron chi connectivity index (χ3n) is 2.19. The van der Waals surface area contributed by atoms with E-state index in [1.165, 1.54) is 5.56 Å². The van der Waals surface area contributed by atoms with Crippen molar-refractivity contribution >= 4 is 11.9 Å². The van der Waals surface area contributed by atoms with Crippen molar-refractivity contribution in [2.45, 2.75) is 26.7 Å². The molecule has 0 heterocycles. The molecule has 0 aliphatic rings. The second kappa shape index (κ2) is 4.80. The molecule has 14 heavy (non-hydrogen) atoms. The van der Waals surface area contributed by atoms with Gasteiger partial charge in [-0.3, -0.25) is 4.99 Å². The molecule has 0 saturated carbocycles. The van der Waals surface area contributed by atoms with Crippen molar-refractivity contribution in [1.82, 2.24) is 0 Å². The summed E-state index contributed by atoms with van der Waals surface area (Å²) in [6, 6.07) is 6.13. The maximum absolute atomic E-state index is 5.84. The van der Waals surface area contributed by atoms with E-state index in [1.807, 2.05) is 19.2 Å². The Morgan fingerprint density at radius 2 is 2.14 bits per heavy atom. The highest BCUT2D eigenvalue weighted by atomic mass is 14.7. The summed E-state index contributed by atoms with van der Waals surface area (Å²) in [7, 11) is 0. The van der Waals surface area contributed by atoms with Gasteiger partial charge in [-0.1, -0.05) is 19.9 Å². The summed E-state index contributed by atoms with van der Waals surface area (Å²) < 4.78 is 0. The smallest absolute Gasteiger partial charge is 0.0403 e. The second-order valence-electron chi connectivity index (χ2n) is 3.67. The Morgan fingerprint density at radius 1 is 1.43 bits per heavy atom. The highest BCUT2D eigenvalue weighted by Crippen LogP contribution is 2.19. The SMILES string of the molecule is CCN=Cc1cc(C(C)C)ccc1N. The van der Waals surface area contributed by atoms with Gasteiger partial charge < -0.3 is 5.73 Å². The second-order valence-corrected chi connectivity index (χ2v) is 3.67. The summed E-state index contributed by atoms with van der Waals surface area (Å²) in [5.41, 5.74) is 8.97. The van der Waals surface area contributed by atoms with E-state index in [1.54, 1.807) is 0 Å². The summed E-state index contributed by atoms with van der Waals surface area (Å²) in [5.74, 6) is 0.532. The molecule has 2 heteroatoms. The molecule has 0 fully saturated rings. The summed E-state index contributed by atoms with van der Waals surface area (Å²) in [5, 5.41) is 0. The van der Waals surface area contributed by atoms with Gasteiger partial charge in [0, 0.05) is 24.0 Å². The van der Waals surface area contributed by atoms with Gasteiger partial charge in [-0.05, 0) is 30.5 Å². The predicted molar refractivity (Wildman–Crippen MR) is 63.1 cm³/mol. The molecule has 0 spiro atoms. The zero-order valence-electron chi connectivity index (χ0n) is 9.12. The fraction of sp³-hybridized carbons (Fsp3) is 0.417. The zero-order valence-corrected chi connectivity index (χ0v) is 9.12. The number of anilines is 1. The van der Waals surface area contributed by atoms with Crippen LogP contribution in [0.25, 0.3) is 0 Å². The highest BCUT2D eigenvalue weighted by molar-refractivity contribution is 5.87. The maximum Gasteiger partial charge on any atom is 0.0403 e. The van der Waals surface area contributed by atoms with Crippen molar-refractivity contribution < 1.29 is 0 Å². The largest absolute Gasteiger partial charge is 0.398 e. The molecule has 1 aromatic carbocycles. The summed E-state index contributed by atoms with van der Waals surface area (Å²) in [6.07, 6.45) is 1.85. The van der Waals surface area contributed by atoms with Gasteiger partial charge in [-0.25, -0.2) is 0 Å². The molecule has 76 valence electrons. The van der Waals surface area contributed by atoms with Crippen LogP contribution in [0.2, 0.25) is 0 Å². The molecule has 0 unspecified atom stereocenters. The van der Waals surface area contributed by atoms with Crippen LogP contribution in [0.3, 0.4) is 0 Å². The van der Waals surface area contributed by atoms with Gasteiger partial charge in [-0.2, -0.15) is 0 Å². The predicted octanol–water partition coefficient (Wildman–Crippen LogP) is 2.83. The molecule has 0 bridgehead atoms. The number of nitrogens with zero attached hydrogens (tertiary/aromatic N) is 1. The quantitative estimate of drug-likeness (QED) is 0.577. The van der Waals surface area contributed by atoms with Crippen LogP contribution in [-0.2, 0) is 0 Å². The lowest BCUT2D eigenvalue weighted by Gasteiger charge is -2.07. The van der Waals surface area contributed by atoms with Gasteiger partial charge in [0.05, 0.1) is 0 Å². The Bertz CT molecular complexity index is 327. The number of aliphatic imine (C=N–C) groups is 1. The number of benzene rings is 1. The van der Waals surface area contributed by atoms with Crippen molar-refractivity contribution in [3.05, 3.63) is 29.3 Å². The van der Waals surface area contributed by atoms with Crippen molar-refractivity contribution in [1.29, 1.82) is 0 Å². The summed E-state index contributed by atoms with van der Waals surface area (Å²) >= 11 is 0. The minimum atomic E-state index is 0.532. The standard InChI is InChI=1S/C12H18N2/c1-4-14-8-11-7-10(9(2)3)5-6-12(11)13/h5-9H,4,13H2,1-3H3. The molecule has 2 N–H and O–H groups in total. The number of hydrogen-bond donors (Lipinski definition) is 1. The van der Waals surface area contributed by atoms with E-state index >= 15 is 0 Å². The van der Waals surface area contributed by atoms with E-state index in [0.717, 1.165) is 17.8 Å². The van der Waals surface area contributed by atoms with Crippen LogP contribution in [-0.4, -0.2) is 12.8 Å². The molecular formula is C12H18N2. The monoisotopic (exact) mass is 190 g/mol. The molecule has 1 rings (SSSR count). The lowest BCUT2D eigenvalue weighted by Crippen LogP contribution is -1.96. The van der Waals surface area contributed by atoms with Crippen LogP contribution in [0.1, 0.15) is 37.8 Å². The van der Waals surface area contributed by atoms with Gasteiger partial charge in [0.1, 0.15) is 0 Å². The van der Waals surface area contributed by atoms with E-state index in [0.29, 0.717) is 5.92 Å². The Morgan fingerprint density at radius 3 is 2.71 bits per heavy atom. The number of rotatable bonds is 3. The summed E-state index contributed by atoms with van der Waals surface area (Å²) in [4.78, 5) is 4.20. The van der Waals surface area contributed by atoms with Crippen LogP contribution < -0.4 is 5.73 Å². The molecule has 0 aliphatic heterocycles. The molecule has 0 atom stereocenters. The van der Waals surface area contributed by atoms with Gasteiger partial charge in [-0.15, -0.1) is 0 Å². The first-order valence-corrected chi connectivity index (χ1v) is 5.04. The van der Waals surface area contributed by atoms with Crippen LogP contribution in [0.15, 0.2) is 23.2 Å². The fourth-order valence-corrected chi connectivity index (χ4v) is 1.25. The Balaban J connectivity index is 3.02. The third kappa shape index (κ3) is 2.59. The third-order valence-corrected chi connectivity index (χ3v) is 2.19. The van der Waals surface area contributed by atoms with E-state index in [4.69, 9.17) is 5.73 Å². The van der Waals surface area contributed by atoms with Crippen molar-refractivity contribution in [2.24, 2.45) is 4.99 Å². The van der Waals surface area contributed by atoms with Gasteiger partial charge in [0.25, 0.3) is 0 Å². The van der Waals surface area contributed by atoms with E-state index in [2.05, 4.69) is 31.0 Å². The molecule has 0 radical (unpaired) electrons. The van der Waals surface area contributed by atoms with E-state index < -0.39 is 0 Å². The number of nitrogen functional groups attached to an aromatic ring is 1. The normalized spacial score (nSPS) is 11.4. The van der Waals surface area contributed by atoms with Crippen molar-refractivity contribution in [3.63, 3.8) is 0 Å². The van der Waals surface area contributed by atoms with Crippen LogP contribution in [0, 0.1) is 0 Å². The molecule has 0 aliphatic carbocycles. The van der Waals surface area contributed by atoms with E-state index in [-0.39, 0.29) is 0 Å².